The molecule has 1 N–H and O–H groups in total. The second-order valence-corrected chi connectivity index (χ2v) is 10.5. The lowest BCUT2D eigenvalue weighted by Crippen LogP contribution is -2.53. The van der Waals surface area contributed by atoms with Crippen molar-refractivity contribution in [3.8, 4) is 5.75 Å². The predicted molar refractivity (Wildman–Crippen MR) is 136 cm³/mol. The molecule has 6 rings (SSSR count). The smallest absolute Gasteiger partial charge is 0.310 e. The van der Waals surface area contributed by atoms with Gasteiger partial charge < -0.3 is 19.9 Å². The van der Waals surface area contributed by atoms with E-state index in [0.717, 1.165) is 12.1 Å². The summed E-state index contributed by atoms with van der Waals surface area (Å²) in [5.74, 6) is -2.25. The van der Waals surface area contributed by atoms with Gasteiger partial charge in [0.2, 0.25) is 5.91 Å². The summed E-state index contributed by atoms with van der Waals surface area (Å²) in [4.78, 5) is 27.3. The number of carbonyl (C=O) groups is 1. The lowest BCUT2D eigenvalue weighted by Gasteiger charge is -2.41. The van der Waals surface area contributed by atoms with E-state index in [1.807, 2.05) is 14.0 Å². The summed E-state index contributed by atoms with van der Waals surface area (Å²) in [5, 5.41) is 3.41. The maximum atomic E-state index is 14.3. The summed E-state index contributed by atoms with van der Waals surface area (Å²) < 4.78 is 47.8. The zero-order chi connectivity index (χ0) is 26.8. The van der Waals surface area contributed by atoms with Crippen molar-refractivity contribution in [3.63, 3.8) is 0 Å². The van der Waals surface area contributed by atoms with Crippen LogP contribution >= 0.6 is 0 Å². The molecule has 1 amide bonds. The topological polar surface area (TPSA) is 70.6 Å². The highest BCUT2D eigenvalue weighted by atomic mass is 19.3. The SMILES string of the molecule is Cc1nc(N[C@H](C)c2cccc3c2OCC3(F)F)c2c(n1)C1(CCN(C)C1)C(=O)N(c1ccc(F)cc1)C2. The van der Waals surface area contributed by atoms with E-state index in [1.54, 1.807) is 36.1 Å². The normalized spacial score (nSPS) is 22.8. The molecule has 10 heteroatoms. The molecule has 0 saturated carbocycles. The molecule has 7 nitrogen and oxygen atoms in total. The van der Waals surface area contributed by atoms with E-state index >= 15 is 0 Å². The number of amides is 1. The standard InChI is InChI=1S/C28H28F3N5O2/c1-16(20-5-4-6-22-23(20)38-15-28(22,30)31)32-25-21-13-36(19-9-7-18(29)8-10-19)26(37)27(11-12-35(3)14-27)24(21)33-17(2)34-25/h4-10,16H,11-15H2,1-3H3,(H,32,33,34)/t16-,27?/m1/s1. The number of fused-ring (bicyclic) bond motifs is 3. The summed E-state index contributed by atoms with van der Waals surface area (Å²) in [6, 6.07) is 10.2. The van der Waals surface area contributed by atoms with E-state index in [9.17, 15) is 18.0 Å². The maximum Gasteiger partial charge on any atom is 0.310 e. The number of likely N-dealkylation sites (tertiary alicyclic amines) is 1. The average molecular weight is 524 g/mol. The molecule has 3 aliphatic heterocycles. The van der Waals surface area contributed by atoms with E-state index in [1.165, 1.54) is 18.2 Å². The number of hydrogen-bond acceptors (Lipinski definition) is 6. The van der Waals surface area contributed by atoms with Crippen molar-refractivity contribution in [2.75, 3.05) is 37.0 Å². The third-order valence-corrected chi connectivity index (χ3v) is 7.80. The summed E-state index contributed by atoms with van der Waals surface area (Å²) in [7, 11) is 1.97. The summed E-state index contributed by atoms with van der Waals surface area (Å²) >= 11 is 0. The van der Waals surface area contributed by atoms with Gasteiger partial charge in [-0.1, -0.05) is 12.1 Å². The van der Waals surface area contributed by atoms with Crippen LogP contribution < -0.4 is 15.0 Å². The fourth-order valence-corrected chi connectivity index (χ4v) is 5.92. The minimum absolute atomic E-state index is 0.0745. The molecule has 2 atom stereocenters. The molecule has 1 saturated heterocycles. The van der Waals surface area contributed by atoms with E-state index in [0.29, 0.717) is 41.6 Å². The van der Waals surface area contributed by atoms with Gasteiger partial charge in [0.25, 0.3) is 0 Å². The summed E-state index contributed by atoms with van der Waals surface area (Å²) in [6.07, 6.45) is 0.591. The number of carbonyl (C=O) groups excluding carboxylic acids is 1. The van der Waals surface area contributed by atoms with Gasteiger partial charge in [-0.2, -0.15) is 8.78 Å². The first-order chi connectivity index (χ1) is 18.1. The monoisotopic (exact) mass is 523 g/mol. The van der Waals surface area contributed by atoms with Crippen molar-refractivity contribution in [2.45, 2.75) is 44.2 Å². The molecule has 1 aromatic heterocycles. The van der Waals surface area contributed by atoms with Crippen LogP contribution in [-0.2, 0) is 22.7 Å². The van der Waals surface area contributed by atoms with E-state index in [4.69, 9.17) is 14.7 Å². The molecule has 1 unspecified atom stereocenters. The van der Waals surface area contributed by atoms with Crippen molar-refractivity contribution in [1.29, 1.82) is 0 Å². The number of ether oxygens (including phenoxy) is 1. The number of halogens is 3. The van der Waals surface area contributed by atoms with E-state index < -0.39 is 24.0 Å². The van der Waals surface area contributed by atoms with E-state index in [2.05, 4.69) is 10.2 Å². The number of aromatic nitrogens is 2. The third kappa shape index (κ3) is 3.81. The fourth-order valence-electron chi connectivity index (χ4n) is 5.92. The first-order valence-electron chi connectivity index (χ1n) is 12.6. The molecule has 1 fully saturated rings. The Morgan fingerprint density at radius 2 is 1.89 bits per heavy atom. The molecular formula is C28H28F3N5O2. The van der Waals surface area contributed by atoms with Gasteiger partial charge in [0.05, 0.1) is 23.8 Å². The first-order valence-corrected chi connectivity index (χ1v) is 12.6. The van der Waals surface area contributed by atoms with Crippen molar-refractivity contribution < 1.29 is 22.7 Å². The lowest BCUT2D eigenvalue weighted by molar-refractivity contribution is -0.124. The molecule has 3 aromatic rings. The zero-order valence-corrected chi connectivity index (χ0v) is 21.4. The van der Waals surface area contributed by atoms with Gasteiger partial charge in [-0.15, -0.1) is 0 Å². The van der Waals surface area contributed by atoms with Crippen molar-refractivity contribution >= 4 is 17.4 Å². The molecule has 3 aliphatic rings. The number of alkyl halides is 2. The predicted octanol–water partition coefficient (Wildman–Crippen LogP) is 4.70. The summed E-state index contributed by atoms with van der Waals surface area (Å²) in [6.45, 7) is 4.39. The molecule has 38 heavy (non-hydrogen) atoms. The van der Waals surface area contributed by atoms with Gasteiger partial charge in [0.15, 0.2) is 6.61 Å². The van der Waals surface area contributed by atoms with Crippen LogP contribution in [0, 0.1) is 12.7 Å². The second-order valence-electron chi connectivity index (χ2n) is 10.5. The van der Waals surface area contributed by atoms with Gasteiger partial charge >= 0.3 is 5.92 Å². The highest BCUT2D eigenvalue weighted by Crippen LogP contribution is 2.47. The molecular weight excluding hydrogens is 495 g/mol. The molecule has 0 bridgehead atoms. The van der Waals surface area contributed by atoms with Crippen LogP contribution in [0.2, 0.25) is 0 Å². The highest BCUT2D eigenvalue weighted by molar-refractivity contribution is 6.03. The average Bonchev–Trinajstić information content (AvgIpc) is 3.42. The second kappa shape index (κ2) is 8.69. The van der Waals surface area contributed by atoms with Gasteiger partial charge in [0, 0.05) is 23.4 Å². The van der Waals surface area contributed by atoms with Crippen LogP contribution in [0.4, 0.5) is 24.7 Å². The number of hydrogen-bond donors (Lipinski definition) is 1. The van der Waals surface area contributed by atoms with Crippen LogP contribution in [0.25, 0.3) is 0 Å². The van der Waals surface area contributed by atoms with Gasteiger partial charge in [-0.3, -0.25) is 4.79 Å². The quantitative estimate of drug-likeness (QED) is 0.535. The number of para-hydroxylation sites is 1. The number of anilines is 2. The number of likely N-dealkylation sites (N-methyl/N-ethyl adjacent to an activating group) is 1. The van der Waals surface area contributed by atoms with Crippen molar-refractivity contribution in [2.24, 2.45) is 0 Å². The number of aryl methyl sites for hydroxylation is 1. The Balaban J connectivity index is 1.44. The van der Waals surface area contributed by atoms with Gasteiger partial charge in [-0.05, 0) is 64.2 Å². The summed E-state index contributed by atoms with van der Waals surface area (Å²) in [5.41, 5.74) is 1.65. The first kappa shape index (κ1) is 24.7. The van der Waals surface area contributed by atoms with Gasteiger partial charge in [0.1, 0.15) is 28.6 Å². The number of benzene rings is 2. The van der Waals surface area contributed by atoms with Crippen molar-refractivity contribution in [3.05, 3.63) is 76.5 Å². The zero-order valence-electron chi connectivity index (χ0n) is 21.4. The van der Waals surface area contributed by atoms with Crippen LogP contribution in [-0.4, -0.2) is 47.5 Å². The van der Waals surface area contributed by atoms with Crippen LogP contribution in [0.15, 0.2) is 42.5 Å². The number of rotatable bonds is 4. The Bertz CT molecular complexity index is 1430. The van der Waals surface area contributed by atoms with Crippen LogP contribution in [0.5, 0.6) is 5.75 Å². The van der Waals surface area contributed by atoms with Gasteiger partial charge in [-0.25, -0.2) is 14.4 Å². The lowest BCUT2D eigenvalue weighted by atomic mass is 9.76. The Hall–Kier alpha value is -3.66. The Morgan fingerprint density at radius 1 is 1.13 bits per heavy atom. The Morgan fingerprint density at radius 3 is 2.61 bits per heavy atom. The Kier molecular flexibility index (Phi) is 5.64. The molecule has 4 heterocycles. The van der Waals surface area contributed by atoms with Crippen LogP contribution in [0.3, 0.4) is 0 Å². The molecule has 2 aromatic carbocycles. The fraction of sp³-hybridized carbons (Fsp3) is 0.393. The molecule has 1 spiro atoms. The highest BCUT2D eigenvalue weighted by Gasteiger charge is 2.53. The Labute approximate surface area is 218 Å². The molecule has 0 radical (unpaired) electrons. The third-order valence-electron chi connectivity index (χ3n) is 7.80. The number of nitrogens with one attached hydrogen (secondary N) is 1. The largest absolute Gasteiger partial charge is 0.486 e. The molecule has 0 aliphatic carbocycles. The minimum Gasteiger partial charge on any atom is -0.486 e. The maximum absolute atomic E-state index is 14.3. The minimum atomic E-state index is -3.04. The van der Waals surface area contributed by atoms with E-state index in [-0.39, 0.29) is 29.6 Å². The number of nitrogens with zero attached hydrogens (tertiary/aromatic N) is 4. The van der Waals surface area contributed by atoms with Crippen molar-refractivity contribution in [1.82, 2.24) is 14.9 Å². The molecule has 198 valence electrons. The van der Waals surface area contributed by atoms with Crippen LogP contribution in [0.1, 0.15) is 47.6 Å².